The van der Waals surface area contributed by atoms with Gasteiger partial charge in [-0.25, -0.2) is 0 Å². The van der Waals surface area contributed by atoms with E-state index in [-0.39, 0.29) is 11.9 Å². The Morgan fingerprint density at radius 1 is 1.24 bits per heavy atom. The molecule has 1 aromatic heterocycles. The Hall–Kier alpha value is -2.07. The van der Waals surface area contributed by atoms with Crippen LogP contribution in [0.3, 0.4) is 0 Å². The van der Waals surface area contributed by atoms with Crippen LogP contribution in [0.1, 0.15) is 47.4 Å². The lowest BCUT2D eigenvalue weighted by Gasteiger charge is -2.28. The summed E-state index contributed by atoms with van der Waals surface area (Å²) in [6.45, 7) is 0.443. The van der Waals surface area contributed by atoms with Gasteiger partial charge in [0.25, 0.3) is 5.91 Å². The third kappa shape index (κ3) is 3.00. The first-order valence-electron chi connectivity index (χ1n) is 7.51. The van der Waals surface area contributed by atoms with Crippen molar-refractivity contribution >= 4 is 5.91 Å². The van der Waals surface area contributed by atoms with Crippen LogP contribution < -0.4 is 11.1 Å². The van der Waals surface area contributed by atoms with Gasteiger partial charge in [-0.3, -0.25) is 4.79 Å². The topological polar surface area (TPSA) is 60.0 Å². The van der Waals surface area contributed by atoms with Crippen molar-refractivity contribution in [2.45, 2.75) is 31.3 Å². The zero-order valence-corrected chi connectivity index (χ0v) is 12.0. The molecule has 3 rings (SSSR count). The SMILES string of the molecule is NC(CNC(=O)c1cccn1C1CCC1)c1ccccc1. The highest BCUT2D eigenvalue weighted by Crippen LogP contribution is 2.32. The number of hydrogen-bond donors (Lipinski definition) is 2. The van der Waals surface area contributed by atoms with Crippen LogP contribution in [0.5, 0.6) is 0 Å². The van der Waals surface area contributed by atoms with Crippen LogP contribution >= 0.6 is 0 Å². The summed E-state index contributed by atoms with van der Waals surface area (Å²) < 4.78 is 2.09. The van der Waals surface area contributed by atoms with E-state index in [0.717, 1.165) is 11.3 Å². The molecular weight excluding hydrogens is 262 g/mol. The summed E-state index contributed by atoms with van der Waals surface area (Å²) in [5.74, 6) is -0.0433. The molecule has 4 heteroatoms. The molecule has 0 radical (unpaired) electrons. The molecule has 1 fully saturated rings. The molecule has 1 amide bonds. The summed E-state index contributed by atoms with van der Waals surface area (Å²) in [5.41, 5.74) is 7.88. The van der Waals surface area contributed by atoms with Crippen molar-refractivity contribution < 1.29 is 4.79 Å². The number of aromatic nitrogens is 1. The van der Waals surface area contributed by atoms with Crippen LogP contribution in [0.25, 0.3) is 0 Å². The molecule has 1 saturated carbocycles. The summed E-state index contributed by atoms with van der Waals surface area (Å²) >= 11 is 0. The molecule has 2 aromatic rings. The van der Waals surface area contributed by atoms with Crippen molar-refractivity contribution in [3.63, 3.8) is 0 Å². The van der Waals surface area contributed by atoms with E-state index in [2.05, 4.69) is 9.88 Å². The largest absolute Gasteiger partial charge is 0.349 e. The van der Waals surface area contributed by atoms with Gasteiger partial charge in [0.15, 0.2) is 0 Å². The average molecular weight is 283 g/mol. The fourth-order valence-corrected chi connectivity index (χ4v) is 2.68. The maximum atomic E-state index is 12.3. The van der Waals surface area contributed by atoms with Gasteiger partial charge in [-0.2, -0.15) is 0 Å². The van der Waals surface area contributed by atoms with Crippen LogP contribution in [0.15, 0.2) is 48.7 Å². The standard InChI is InChI=1S/C17H21N3O/c18-15(13-6-2-1-3-7-13)12-19-17(21)16-10-5-11-20(16)14-8-4-9-14/h1-3,5-7,10-11,14-15H,4,8-9,12,18H2,(H,19,21). The molecule has 110 valence electrons. The minimum atomic E-state index is -0.178. The van der Waals surface area contributed by atoms with Gasteiger partial charge in [-0.05, 0) is 37.0 Å². The lowest BCUT2D eigenvalue weighted by Crippen LogP contribution is -2.34. The number of benzene rings is 1. The van der Waals surface area contributed by atoms with E-state index in [9.17, 15) is 4.79 Å². The zero-order chi connectivity index (χ0) is 14.7. The Bertz CT molecular complexity index is 602. The smallest absolute Gasteiger partial charge is 0.267 e. The van der Waals surface area contributed by atoms with E-state index in [1.165, 1.54) is 19.3 Å². The van der Waals surface area contributed by atoms with E-state index in [1.54, 1.807) is 0 Å². The predicted octanol–water partition coefficient (Wildman–Crippen LogP) is 2.64. The molecule has 1 heterocycles. The summed E-state index contributed by atoms with van der Waals surface area (Å²) in [5, 5.41) is 2.94. The van der Waals surface area contributed by atoms with Crippen LogP contribution in [-0.2, 0) is 0 Å². The van der Waals surface area contributed by atoms with Crippen molar-refractivity contribution in [2.24, 2.45) is 5.73 Å². The average Bonchev–Trinajstić information content (AvgIpc) is 2.92. The van der Waals surface area contributed by atoms with Gasteiger partial charge in [0, 0.05) is 24.8 Å². The van der Waals surface area contributed by atoms with E-state index < -0.39 is 0 Å². The van der Waals surface area contributed by atoms with E-state index >= 15 is 0 Å². The molecule has 4 nitrogen and oxygen atoms in total. The second kappa shape index (κ2) is 6.14. The van der Waals surface area contributed by atoms with Crippen molar-refractivity contribution in [3.8, 4) is 0 Å². The summed E-state index contributed by atoms with van der Waals surface area (Å²) in [7, 11) is 0. The Kier molecular flexibility index (Phi) is 4.06. The first kappa shape index (κ1) is 13.9. The Morgan fingerprint density at radius 2 is 2.00 bits per heavy atom. The van der Waals surface area contributed by atoms with E-state index in [0.29, 0.717) is 12.6 Å². The zero-order valence-electron chi connectivity index (χ0n) is 12.0. The summed E-state index contributed by atoms with van der Waals surface area (Å²) in [6.07, 6.45) is 5.58. The van der Waals surface area contributed by atoms with E-state index in [4.69, 9.17) is 5.73 Å². The Labute approximate surface area is 125 Å². The number of nitrogens with one attached hydrogen (secondary N) is 1. The minimum absolute atomic E-state index is 0.0433. The third-order valence-corrected chi connectivity index (χ3v) is 4.19. The van der Waals surface area contributed by atoms with Gasteiger partial charge in [-0.15, -0.1) is 0 Å². The quantitative estimate of drug-likeness (QED) is 0.886. The maximum Gasteiger partial charge on any atom is 0.267 e. The highest BCUT2D eigenvalue weighted by atomic mass is 16.1. The molecule has 1 atom stereocenters. The highest BCUT2D eigenvalue weighted by molar-refractivity contribution is 5.92. The summed E-state index contributed by atoms with van der Waals surface area (Å²) in [4.78, 5) is 12.3. The van der Waals surface area contributed by atoms with Gasteiger partial charge in [-0.1, -0.05) is 30.3 Å². The van der Waals surface area contributed by atoms with Crippen LogP contribution in [0.2, 0.25) is 0 Å². The normalized spacial score (nSPS) is 16.2. The summed E-state index contributed by atoms with van der Waals surface area (Å²) in [6, 6.07) is 14.0. The van der Waals surface area contributed by atoms with Crippen LogP contribution in [-0.4, -0.2) is 17.0 Å². The molecule has 0 bridgehead atoms. The molecule has 0 saturated heterocycles. The van der Waals surface area contributed by atoms with Gasteiger partial charge < -0.3 is 15.6 Å². The van der Waals surface area contributed by atoms with Gasteiger partial charge in [0.1, 0.15) is 5.69 Å². The van der Waals surface area contributed by atoms with Gasteiger partial charge in [0.2, 0.25) is 0 Å². The van der Waals surface area contributed by atoms with Gasteiger partial charge in [0.05, 0.1) is 0 Å². The number of nitrogens with zero attached hydrogens (tertiary/aromatic N) is 1. The number of rotatable bonds is 5. The number of hydrogen-bond acceptors (Lipinski definition) is 2. The molecule has 21 heavy (non-hydrogen) atoms. The molecule has 1 aliphatic rings. The van der Waals surface area contributed by atoms with Crippen molar-refractivity contribution in [1.29, 1.82) is 0 Å². The van der Waals surface area contributed by atoms with Gasteiger partial charge >= 0.3 is 0 Å². The minimum Gasteiger partial charge on any atom is -0.349 e. The molecule has 0 spiro atoms. The van der Waals surface area contributed by atoms with E-state index in [1.807, 2.05) is 48.7 Å². The molecule has 1 aliphatic carbocycles. The van der Waals surface area contributed by atoms with Crippen molar-refractivity contribution in [1.82, 2.24) is 9.88 Å². The highest BCUT2D eigenvalue weighted by Gasteiger charge is 2.23. The molecule has 0 aliphatic heterocycles. The van der Waals surface area contributed by atoms with Crippen LogP contribution in [0.4, 0.5) is 0 Å². The molecule has 3 N–H and O–H groups in total. The number of nitrogens with two attached hydrogens (primary N) is 1. The number of carbonyl (C=O) groups is 1. The Balaban J connectivity index is 1.60. The van der Waals surface area contributed by atoms with Crippen LogP contribution in [0, 0.1) is 0 Å². The maximum absolute atomic E-state index is 12.3. The number of amides is 1. The molecular formula is C17H21N3O. The Morgan fingerprint density at radius 3 is 2.67 bits per heavy atom. The van der Waals surface area contributed by atoms with Crippen molar-refractivity contribution in [3.05, 3.63) is 59.9 Å². The molecule has 1 unspecified atom stereocenters. The first-order valence-corrected chi connectivity index (χ1v) is 7.51. The fraction of sp³-hybridized carbons (Fsp3) is 0.353. The monoisotopic (exact) mass is 283 g/mol. The predicted molar refractivity (Wildman–Crippen MR) is 83.0 cm³/mol. The molecule has 1 aromatic carbocycles. The lowest BCUT2D eigenvalue weighted by molar-refractivity contribution is 0.0936. The number of carbonyl (C=O) groups excluding carboxylic acids is 1. The van der Waals surface area contributed by atoms with Crippen molar-refractivity contribution in [2.75, 3.05) is 6.54 Å². The third-order valence-electron chi connectivity index (χ3n) is 4.19. The lowest BCUT2D eigenvalue weighted by atomic mass is 9.93. The second-order valence-electron chi connectivity index (χ2n) is 5.61. The second-order valence-corrected chi connectivity index (χ2v) is 5.61. The fourth-order valence-electron chi connectivity index (χ4n) is 2.68. The first-order chi connectivity index (χ1) is 10.3.